The number of anilines is 1. The maximum absolute atomic E-state index is 3.34. The molecule has 1 N–H and O–H groups in total. The van der Waals surface area contributed by atoms with E-state index in [4.69, 9.17) is 0 Å². The van der Waals surface area contributed by atoms with Crippen molar-refractivity contribution in [3.05, 3.63) is 29.8 Å². The number of para-hydroxylation sites is 1. The fraction of sp³-hybridized carbons (Fsp3) is 0.625. The monoisotopic (exact) mass is 263 g/mol. The number of nitrogens with one attached hydrogen (secondary N) is 1. The summed E-state index contributed by atoms with van der Waals surface area (Å²) in [6.45, 7) is 7.76. The third-order valence-electron chi connectivity index (χ3n) is 3.59. The Hall–Kier alpha value is -1.06. The molecule has 1 aromatic carbocycles. The normalized spacial score (nSPS) is 12.7. The summed E-state index contributed by atoms with van der Waals surface area (Å²) in [5.41, 5.74) is 2.75. The molecule has 0 heterocycles. The summed E-state index contributed by atoms with van der Waals surface area (Å²) >= 11 is 0. The van der Waals surface area contributed by atoms with E-state index in [-0.39, 0.29) is 0 Å². The Labute approximate surface area is 118 Å². The van der Waals surface area contributed by atoms with Gasteiger partial charge in [-0.1, -0.05) is 18.2 Å². The largest absolute Gasteiger partial charge is 0.371 e. The molecule has 0 saturated heterocycles. The lowest BCUT2D eigenvalue weighted by Gasteiger charge is -2.28. The maximum atomic E-state index is 3.34. The van der Waals surface area contributed by atoms with Gasteiger partial charge in [0.1, 0.15) is 0 Å². The summed E-state index contributed by atoms with van der Waals surface area (Å²) in [5, 5.41) is 3.34. The van der Waals surface area contributed by atoms with Gasteiger partial charge in [0.15, 0.2) is 0 Å². The number of hydrogen-bond donors (Lipinski definition) is 1. The Morgan fingerprint density at radius 3 is 2.42 bits per heavy atom. The summed E-state index contributed by atoms with van der Waals surface area (Å²) in [6.07, 6.45) is 1.20. The molecule has 1 rings (SSSR count). The van der Waals surface area contributed by atoms with Crippen molar-refractivity contribution >= 4 is 5.69 Å². The van der Waals surface area contributed by atoms with Crippen LogP contribution in [0.2, 0.25) is 0 Å². The summed E-state index contributed by atoms with van der Waals surface area (Å²) in [6, 6.07) is 9.11. The molecule has 0 spiro atoms. The smallest absolute Gasteiger partial charge is 0.0414 e. The van der Waals surface area contributed by atoms with E-state index in [1.54, 1.807) is 0 Å². The van der Waals surface area contributed by atoms with Crippen molar-refractivity contribution < 1.29 is 0 Å². The van der Waals surface area contributed by atoms with Gasteiger partial charge in [-0.05, 0) is 59.6 Å². The Balaban J connectivity index is 2.79. The van der Waals surface area contributed by atoms with E-state index in [2.05, 4.69) is 67.3 Å². The minimum atomic E-state index is 0.388. The standard InChI is InChI=1S/C16H29N3/c1-6-19(13-9-12-18(4)5)16-11-8-7-10-15(16)14(2)17-3/h7-8,10-11,14,17H,6,9,12-13H2,1-5H3. The molecule has 3 heteroatoms. The molecular formula is C16H29N3. The predicted molar refractivity (Wildman–Crippen MR) is 85.0 cm³/mol. The van der Waals surface area contributed by atoms with Crippen LogP contribution in [0, 0.1) is 0 Å². The van der Waals surface area contributed by atoms with Gasteiger partial charge in [0, 0.05) is 24.8 Å². The van der Waals surface area contributed by atoms with E-state index in [9.17, 15) is 0 Å². The molecule has 1 aromatic rings. The van der Waals surface area contributed by atoms with Gasteiger partial charge in [-0.3, -0.25) is 0 Å². The molecule has 0 aliphatic heterocycles. The molecule has 0 aliphatic rings. The third-order valence-corrected chi connectivity index (χ3v) is 3.59. The van der Waals surface area contributed by atoms with Crippen LogP contribution in [0.5, 0.6) is 0 Å². The molecule has 1 atom stereocenters. The van der Waals surface area contributed by atoms with Crippen molar-refractivity contribution in [2.24, 2.45) is 0 Å². The van der Waals surface area contributed by atoms with E-state index >= 15 is 0 Å². The number of rotatable bonds is 8. The minimum Gasteiger partial charge on any atom is -0.371 e. The fourth-order valence-corrected chi connectivity index (χ4v) is 2.32. The van der Waals surface area contributed by atoms with Crippen molar-refractivity contribution in [3.8, 4) is 0 Å². The van der Waals surface area contributed by atoms with Crippen molar-refractivity contribution in [2.75, 3.05) is 45.7 Å². The number of benzene rings is 1. The van der Waals surface area contributed by atoms with Crippen molar-refractivity contribution in [1.82, 2.24) is 10.2 Å². The lowest BCUT2D eigenvalue weighted by atomic mass is 10.0. The van der Waals surface area contributed by atoms with Gasteiger partial charge in [-0.2, -0.15) is 0 Å². The highest BCUT2D eigenvalue weighted by Gasteiger charge is 2.12. The zero-order chi connectivity index (χ0) is 14.3. The Morgan fingerprint density at radius 1 is 1.16 bits per heavy atom. The highest BCUT2D eigenvalue weighted by molar-refractivity contribution is 5.54. The SMILES string of the molecule is CCN(CCCN(C)C)c1ccccc1C(C)NC. The van der Waals surface area contributed by atoms with Crippen LogP contribution < -0.4 is 10.2 Å². The zero-order valence-corrected chi connectivity index (χ0v) is 13.1. The fourth-order valence-electron chi connectivity index (χ4n) is 2.32. The van der Waals surface area contributed by atoms with Gasteiger partial charge in [0.25, 0.3) is 0 Å². The first-order valence-electron chi connectivity index (χ1n) is 7.26. The van der Waals surface area contributed by atoms with Crippen molar-refractivity contribution in [2.45, 2.75) is 26.3 Å². The topological polar surface area (TPSA) is 18.5 Å². The quantitative estimate of drug-likeness (QED) is 0.778. The maximum Gasteiger partial charge on any atom is 0.0414 e. The van der Waals surface area contributed by atoms with Crippen LogP contribution in [0.4, 0.5) is 5.69 Å². The molecule has 3 nitrogen and oxygen atoms in total. The average molecular weight is 263 g/mol. The second kappa shape index (κ2) is 8.18. The average Bonchev–Trinajstić information content (AvgIpc) is 2.42. The van der Waals surface area contributed by atoms with Gasteiger partial charge in [0.05, 0.1) is 0 Å². The van der Waals surface area contributed by atoms with Gasteiger partial charge in [-0.25, -0.2) is 0 Å². The second-order valence-electron chi connectivity index (χ2n) is 5.31. The van der Waals surface area contributed by atoms with Crippen molar-refractivity contribution in [1.29, 1.82) is 0 Å². The highest BCUT2D eigenvalue weighted by atomic mass is 15.1. The summed E-state index contributed by atoms with van der Waals surface area (Å²) < 4.78 is 0. The third kappa shape index (κ3) is 4.84. The highest BCUT2D eigenvalue weighted by Crippen LogP contribution is 2.26. The Morgan fingerprint density at radius 2 is 1.84 bits per heavy atom. The van der Waals surface area contributed by atoms with Crippen LogP contribution in [-0.2, 0) is 0 Å². The first kappa shape index (κ1) is 16.0. The lowest BCUT2D eigenvalue weighted by Crippen LogP contribution is -2.29. The number of nitrogens with zero attached hydrogens (tertiary/aromatic N) is 2. The predicted octanol–water partition coefficient (Wildman–Crippen LogP) is 2.75. The summed E-state index contributed by atoms with van der Waals surface area (Å²) in [7, 11) is 6.28. The molecule has 0 aromatic heterocycles. The van der Waals surface area contributed by atoms with Crippen LogP contribution in [0.15, 0.2) is 24.3 Å². The van der Waals surface area contributed by atoms with Crippen molar-refractivity contribution in [3.63, 3.8) is 0 Å². The first-order chi connectivity index (χ1) is 9.10. The van der Waals surface area contributed by atoms with Crippen LogP contribution in [0.3, 0.4) is 0 Å². The summed E-state index contributed by atoms with van der Waals surface area (Å²) in [5.74, 6) is 0. The molecule has 19 heavy (non-hydrogen) atoms. The number of hydrogen-bond acceptors (Lipinski definition) is 3. The van der Waals surface area contributed by atoms with E-state index in [1.165, 1.54) is 17.7 Å². The molecule has 108 valence electrons. The molecule has 0 saturated carbocycles. The summed E-state index contributed by atoms with van der Waals surface area (Å²) in [4.78, 5) is 4.72. The van der Waals surface area contributed by atoms with Crippen LogP contribution in [-0.4, -0.2) is 45.7 Å². The Bertz CT molecular complexity index is 363. The molecule has 0 aliphatic carbocycles. The van der Waals surface area contributed by atoms with E-state index in [0.717, 1.165) is 19.6 Å². The molecule has 0 bridgehead atoms. The molecule has 0 amide bonds. The van der Waals surface area contributed by atoms with E-state index in [1.807, 2.05) is 7.05 Å². The molecular weight excluding hydrogens is 234 g/mol. The van der Waals surface area contributed by atoms with Gasteiger partial charge < -0.3 is 15.1 Å². The van der Waals surface area contributed by atoms with Gasteiger partial charge in [0.2, 0.25) is 0 Å². The van der Waals surface area contributed by atoms with E-state index < -0.39 is 0 Å². The Kier molecular flexibility index (Phi) is 6.89. The second-order valence-corrected chi connectivity index (χ2v) is 5.31. The van der Waals surface area contributed by atoms with Crippen LogP contribution >= 0.6 is 0 Å². The zero-order valence-electron chi connectivity index (χ0n) is 13.1. The van der Waals surface area contributed by atoms with Gasteiger partial charge >= 0.3 is 0 Å². The molecule has 0 fully saturated rings. The first-order valence-corrected chi connectivity index (χ1v) is 7.26. The van der Waals surface area contributed by atoms with Gasteiger partial charge in [-0.15, -0.1) is 0 Å². The van der Waals surface area contributed by atoms with Crippen LogP contribution in [0.25, 0.3) is 0 Å². The minimum absolute atomic E-state index is 0.388. The molecule has 0 radical (unpaired) electrons. The lowest BCUT2D eigenvalue weighted by molar-refractivity contribution is 0.400. The van der Waals surface area contributed by atoms with Crippen LogP contribution in [0.1, 0.15) is 31.9 Å². The molecule has 1 unspecified atom stereocenters. The van der Waals surface area contributed by atoms with E-state index in [0.29, 0.717) is 6.04 Å².